The van der Waals surface area contributed by atoms with Crippen LogP contribution in [0.5, 0.6) is 5.75 Å². The van der Waals surface area contributed by atoms with Crippen LogP contribution in [0, 0.1) is 0 Å². The number of carbonyl (C=O) groups excluding carboxylic acids is 2. The van der Waals surface area contributed by atoms with Crippen LogP contribution in [-0.2, 0) is 11.2 Å². The molecule has 0 aromatic heterocycles. The van der Waals surface area contributed by atoms with Crippen LogP contribution in [-0.4, -0.2) is 44.6 Å². The molecule has 0 spiro atoms. The van der Waals surface area contributed by atoms with Crippen molar-refractivity contribution in [2.45, 2.75) is 32.2 Å². The average molecular weight is 409 g/mol. The molecule has 0 radical (unpaired) electrons. The summed E-state index contributed by atoms with van der Waals surface area (Å²) in [5.74, 6) is 0.672. The van der Waals surface area contributed by atoms with Gasteiger partial charge in [-0.1, -0.05) is 18.2 Å². The zero-order chi connectivity index (χ0) is 21.1. The summed E-state index contributed by atoms with van der Waals surface area (Å²) in [6.07, 6.45) is 3.03. The number of anilines is 3. The second-order valence-corrected chi connectivity index (χ2v) is 7.75. The van der Waals surface area contributed by atoms with E-state index in [4.69, 9.17) is 4.74 Å². The molecule has 2 aromatic carbocycles. The zero-order valence-corrected chi connectivity index (χ0v) is 17.5. The second kappa shape index (κ2) is 8.65. The van der Waals surface area contributed by atoms with Gasteiger partial charge in [-0.05, 0) is 49.9 Å². The maximum atomic E-state index is 12.8. The van der Waals surface area contributed by atoms with Gasteiger partial charge in [-0.2, -0.15) is 0 Å². The first-order valence-electron chi connectivity index (χ1n) is 10.5. The lowest BCUT2D eigenvalue weighted by molar-refractivity contribution is -0.116. The van der Waals surface area contributed by atoms with Gasteiger partial charge in [0.05, 0.1) is 29.7 Å². The Balaban J connectivity index is 1.36. The molecule has 158 valence electrons. The van der Waals surface area contributed by atoms with Gasteiger partial charge in [0.15, 0.2) is 0 Å². The molecule has 7 heteroatoms. The fourth-order valence-corrected chi connectivity index (χ4v) is 4.18. The number of rotatable bonds is 6. The number of nitrogens with zero attached hydrogens (tertiary/aromatic N) is 1. The summed E-state index contributed by atoms with van der Waals surface area (Å²) in [6.45, 7) is 4.20. The van der Waals surface area contributed by atoms with Crippen LogP contribution in [0.2, 0.25) is 0 Å². The second-order valence-electron chi connectivity index (χ2n) is 7.75. The van der Waals surface area contributed by atoms with Crippen molar-refractivity contribution in [2.75, 3.05) is 42.3 Å². The number of methoxy groups -OCH3 is 1. The summed E-state index contributed by atoms with van der Waals surface area (Å²) in [5.41, 5.74) is 4.37. The molecule has 7 nitrogen and oxygen atoms in total. The molecule has 3 N–H and O–H groups in total. The van der Waals surface area contributed by atoms with Gasteiger partial charge in [-0.3, -0.25) is 9.59 Å². The molecular weight excluding hydrogens is 380 g/mol. The van der Waals surface area contributed by atoms with Crippen molar-refractivity contribution in [3.63, 3.8) is 0 Å². The molecule has 4 rings (SSSR count). The molecule has 2 aliphatic heterocycles. The number of para-hydroxylation sites is 2. The number of carbonyl (C=O) groups is 2. The van der Waals surface area contributed by atoms with Crippen molar-refractivity contribution >= 4 is 28.9 Å². The van der Waals surface area contributed by atoms with Gasteiger partial charge in [0.2, 0.25) is 5.91 Å². The molecule has 0 unspecified atom stereocenters. The Bertz CT molecular complexity index is 945. The van der Waals surface area contributed by atoms with Crippen molar-refractivity contribution in [3.05, 3.63) is 47.5 Å². The maximum absolute atomic E-state index is 12.8. The van der Waals surface area contributed by atoms with Gasteiger partial charge in [0.25, 0.3) is 5.91 Å². The van der Waals surface area contributed by atoms with E-state index in [1.54, 1.807) is 32.2 Å². The minimum absolute atomic E-state index is 0.0997. The average Bonchev–Trinajstić information content (AvgIpc) is 2.76. The van der Waals surface area contributed by atoms with E-state index in [9.17, 15) is 9.59 Å². The van der Waals surface area contributed by atoms with Crippen molar-refractivity contribution < 1.29 is 14.3 Å². The van der Waals surface area contributed by atoms with E-state index in [2.05, 4.69) is 26.9 Å². The Hall–Kier alpha value is -3.22. The van der Waals surface area contributed by atoms with Gasteiger partial charge in [0, 0.05) is 19.6 Å². The number of aryl methyl sites for hydroxylation is 1. The Morgan fingerprint density at radius 1 is 1.27 bits per heavy atom. The first kappa shape index (κ1) is 20.1. The lowest BCUT2D eigenvalue weighted by atomic mass is 10.0. The fourth-order valence-electron chi connectivity index (χ4n) is 4.18. The van der Waals surface area contributed by atoms with Crippen LogP contribution < -0.4 is 25.6 Å². The van der Waals surface area contributed by atoms with Gasteiger partial charge in [0.1, 0.15) is 11.8 Å². The molecule has 2 heterocycles. The molecule has 2 aliphatic rings. The largest absolute Gasteiger partial charge is 0.495 e. The number of hydrogen-bond acceptors (Lipinski definition) is 5. The highest BCUT2D eigenvalue weighted by molar-refractivity contribution is 6.09. The van der Waals surface area contributed by atoms with E-state index < -0.39 is 0 Å². The van der Waals surface area contributed by atoms with Crippen LogP contribution in [0.25, 0.3) is 0 Å². The molecule has 0 saturated heterocycles. The van der Waals surface area contributed by atoms with Crippen LogP contribution >= 0.6 is 0 Å². The van der Waals surface area contributed by atoms with Crippen LogP contribution in [0.3, 0.4) is 0 Å². The van der Waals surface area contributed by atoms with Crippen molar-refractivity contribution in [1.82, 2.24) is 5.32 Å². The number of benzene rings is 2. The molecule has 0 aliphatic carbocycles. The number of fused-ring (bicyclic) bond motifs is 2. The summed E-state index contributed by atoms with van der Waals surface area (Å²) < 4.78 is 5.57. The van der Waals surface area contributed by atoms with E-state index in [1.165, 1.54) is 11.3 Å². The highest BCUT2D eigenvalue weighted by Crippen LogP contribution is 2.36. The van der Waals surface area contributed by atoms with E-state index in [0.29, 0.717) is 23.5 Å². The van der Waals surface area contributed by atoms with Crippen molar-refractivity contribution in [1.29, 1.82) is 0 Å². The summed E-state index contributed by atoms with van der Waals surface area (Å²) in [7, 11) is 1.71. The summed E-state index contributed by atoms with van der Waals surface area (Å²) in [5, 5.41) is 8.98. The molecule has 0 bridgehead atoms. The lowest BCUT2D eigenvalue weighted by Crippen LogP contribution is -2.38. The first-order chi connectivity index (χ1) is 14.6. The zero-order valence-electron chi connectivity index (χ0n) is 17.5. The van der Waals surface area contributed by atoms with Crippen LogP contribution in [0.1, 0.15) is 35.7 Å². The van der Waals surface area contributed by atoms with Crippen LogP contribution in [0.15, 0.2) is 36.4 Å². The Kier molecular flexibility index (Phi) is 5.79. The molecule has 1 atom stereocenters. The summed E-state index contributed by atoms with van der Waals surface area (Å²) in [4.78, 5) is 27.0. The predicted molar refractivity (Wildman–Crippen MR) is 119 cm³/mol. The number of hydrogen-bond donors (Lipinski definition) is 3. The van der Waals surface area contributed by atoms with Gasteiger partial charge in [-0.25, -0.2) is 0 Å². The van der Waals surface area contributed by atoms with E-state index in [1.807, 2.05) is 12.1 Å². The standard InChI is InChI=1S/C23H28N4O3/c1-15-22(28)26-18-10-4-9-17(20(18)25-15)23(29)24-12-6-14-27-13-5-8-16-7-3-11-19(30-2)21(16)27/h3-4,7,9-11,15,25H,5-6,8,12-14H2,1-2H3,(H,24,29)(H,26,28)/t15-/m1/s1. The molecule has 0 fully saturated rings. The van der Waals surface area contributed by atoms with Gasteiger partial charge in [-0.15, -0.1) is 0 Å². The highest BCUT2D eigenvalue weighted by atomic mass is 16.5. The third-order valence-corrected chi connectivity index (χ3v) is 5.70. The van der Waals surface area contributed by atoms with E-state index >= 15 is 0 Å². The number of nitrogens with one attached hydrogen (secondary N) is 3. The topological polar surface area (TPSA) is 82.7 Å². The fraction of sp³-hybridized carbons (Fsp3) is 0.391. The quantitative estimate of drug-likeness (QED) is 0.640. The maximum Gasteiger partial charge on any atom is 0.253 e. The predicted octanol–water partition coefficient (Wildman–Crippen LogP) is 3.02. The van der Waals surface area contributed by atoms with Crippen molar-refractivity contribution in [3.8, 4) is 5.75 Å². The van der Waals surface area contributed by atoms with Crippen LogP contribution in [0.4, 0.5) is 17.1 Å². The molecule has 2 aromatic rings. The highest BCUT2D eigenvalue weighted by Gasteiger charge is 2.25. The first-order valence-corrected chi connectivity index (χ1v) is 10.5. The Morgan fingerprint density at radius 3 is 2.93 bits per heavy atom. The Morgan fingerprint density at radius 2 is 2.10 bits per heavy atom. The minimum Gasteiger partial charge on any atom is -0.495 e. The molecule has 0 saturated carbocycles. The summed E-state index contributed by atoms with van der Waals surface area (Å²) in [6, 6.07) is 11.2. The smallest absolute Gasteiger partial charge is 0.253 e. The minimum atomic E-state index is -0.374. The van der Waals surface area contributed by atoms with Crippen molar-refractivity contribution in [2.24, 2.45) is 0 Å². The number of ether oxygens (including phenoxy) is 1. The van der Waals surface area contributed by atoms with Gasteiger partial charge < -0.3 is 25.6 Å². The monoisotopic (exact) mass is 408 g/mol. The molecule has 2 amide bonds. The summed E-state index contributed by atoms with van der Waals surface area (Å²) >= 11 is 0. The third kappa shape index (κ3) is 3.92. The normalized spacial score (nSPS) is 17.3. The third-order valence-electron chi connectivity index (χ3n) is 5.70. The Labute approximate surface area is 176 Å². The van der Waals surface area contributed by atoms with Gasteiger partial charge >= 0.3 is 0 Å². The number of amides is 2. The SMILES string of the molecule is COc1cccc2c1N(CCCNC(=O)c1cccc3c1N[C@H](C)C(=O)N3)CCC2. The van der Waals surface area contributed by atoms with E-state index in [-0.39, 0.29) is 17.9 Å². The molecule has 30 heavy (non-hydrogen) atoms. The lowest BCUT2D eigenvalue weighted by Gasteiger charge is -2.32. The van der Waals surface area contributed by atoms with E-state index in [0.717, 1.165) is 38.1 Å². The molecular formula is C23H28N4O3.